The molecule has 0 saturated carbocycles. The second-order valence-electron chi connectivity index (χ2n) is 5.36. The Kier molecular flexibility index (Phi) is 5.33. The summed E-state index contributed by atoms with van der Waals surface area (Å²) in [5, 5.41) is 5.60. The zero-order valence-corrected chi connectivity index (χ0v) is 15.6. The van der Waals surface area contributed by atoms with Crippen molar-refractivity contribution < 1.29 is 14.2 Å². The van der Waals surface area contributed by atoms with Crippen LogP contribution in [-0.4, -0.2) is 41.7 Å². The second-order valence-corrected chi connectivity index (χ2v) is 6.48. The highest BCUT2D eigenvalue weighted by Crippen LogP contribution is 2.40. The van der Waals surface area contributed by atoms with Crippen molar-refractivity contribution in [2.24, 2.45) is 0 Å². The maximum absolute atomic E-state index is 5.42. The van der Waals surface area contributed by atoms with Crippen LogP contribution in [0.3, 0.4) is 0 Å². The maximum Gasteiger partial charge on any atom is 0.203 e. The summed E-state index contributed by atoms with van der Waals surface area (Å²) in [6.45, 7) is 2.16. The predicted octanol–water partition coefficient (Wildman–Crippen LogP) is 3.92. The van der Waals surface area contributed by atoms with Gasteiger partial charge < -0.3 is 14.2 Å². The Morgan fingerprint density at radius 2 is 1.76 bits per heavy atom. The molecule has 0 atom stereocenters. The summed E-state index contributed by atoms with van der Waals surface area (Å²) in [6.07, 6.45) is 3.02. The first-order valence-electron chi connectivity index (χ1n) is 7.99. The molecule has 2 heterocycles. The number of rotatable bonds is 7. The molecule has 132 valence electrons. The molecular weight excluding hydrogens is 338 g/mol. The zero-order valence-electron chi connectivity index (χ0n) is 14.8. The Morgan fingerprint density at radius 3 is 2.36 bits per heavy atom. The minimum absolute atomic E-state index is 0.564. The van der Waals surface area contributed by atoms with Crippen molar-refractivity contribution in [1.29, 1.82) is 0 Å². The Hall–Kier alpha value is -2.41. The Morgan fingerprint density at radius 1 is 1.04 bits per heavy atom. The van der Waals surface area contributed by atoms with Crippen LogP contribution in [0.25, 0.3) is 16.9 Å². The van der Waals surface area contributed by atoms with Crippen molar-refractivity contribution in [3.63, 3.8) is 0 Å². The van der Waals surface area contributed by atoms with E-state index in [4.69, 9.17) is 14.2 Å². The molecule has 0 saturated heterocycles. The van der Waals surface area contributed by atoms with Gasteiger partial charge in [-0.15, -0.1) is 11.8 Å². The maximum atomic E-state index is 5.42. The van der Waals surface area contributed by atoms with E-state index in [2.05, 4.69) is 17.0 Å². The van der Waals surface area contributed by atoms with Crippen molar-refractivity contribution in [3.05, 3.63) is 30.5 Å². The largest absolute Gasteiger partial charge is 0.493 e. The van der Waals surface area contributed by atoms with Gasteiger partial charge in [-0.3, -0.25) is 0 Å². The number of methoxy groups -OCH3 is 3. The molecule has 0 unspecified atom stereocenters. The molecule has 6 nitrogen and oxygen atoms in total. The highest BCUT2D eigenvalue weighted by atomic mass is 32.2. The molecule has 0 aliphatic heterocycles. The van der Waals surface area contributed by atoms with Crippen LogP contribution >= 0.6 is 11.8 Å². The molecule has 0 amide bonds. The molecule has 3 rings (SSSR count). The lowest BCUT2D eigenvalue weighted by atomic mass is 10.1. The highest BCUT2D eigenvalue weighted by molar-refractivity contribution is 7.99. The Labute approximate surface area is 151 Å². The van der Waals surface area contributed by atoms with Crippen LogP contribution in [0.4, 0.5) is 0 Å². The van der Waals surface area contributed by atoms with E-state index >= 15 is 0 Å². The number of thioether (sulfide) groups is 1. The molecule has 0 aliphatic carbocycles. The van der Waals surface area contributed by atoms with Crippen molar-refractivity contribution in [2.45, 2.75) is 18.4 Å². The number of hydrogen-bond donors (Lipinski definition) is 0. The first kappa shape index (κ1) is 17.4. The van der Waals surface area contributed by atoms with Gasteiger partial charge in [0.2, 0.25) is 5.75 Å². The van der Waals surface area contributed by atoms with Crippen LogP contribution in [0.1, 0.15) is 13.3 Å². The van der Waals surface area contributed by atoms with Crippen LogP contribution in [0.15, 0.2) is 35.5 Å². The monoisotopic (exact) mass is 359 g/mol. The first-order valence-corrected chi connectivity index (χ1v) is 8.98. The normalized spacial score (nSPS) is 10.9. The van der Waals surface area contributed by atoms with Gasteiger partial charge in [0, 0.05) is 5.56 Å². The van der Waals surface area contributed by atoms with Gasteiger partial charge in [-0.2, -0.15) is 5.10 Å². The molecule has 0 spiro atoms. The molecule has 7 heteroatoms. The van der Waals surface area contributed by atoms with Gasteiger partial charge in [0.25, 0.3) is 0 Å². The topological polar surface area (TPSA) is 57.9 Å². The fraction of sp³-hybridized carbons (Fsp3) is 0.333. The summed E-state index contributed by atoms with van der Waals surface area (Å²) in [4.78, 5) is 4.65. The lowest BCUT2D eigenvalue weighted by molar-refractivity contribution is 0.324. The summed E-state index contributed by atoms with van der Waals surface area (Å²) in [7, 11) is 4.79. The van der Waals surface area contributed by atoms with E-state index in [1.807, 2.05) is 30.5 Å². The van der Waals surface area contributed by atoms with Crippen LogP contribution < -0.4 is 14.2 Å². The molecular formula is C18H21N3O3S. The first-order chi connectivity index (χ1) is 12.2. The number of benzene rings is 1. The van der Waals surface area contributed by atoms with Gasteiger partial charge in [-0.1, -0.05) is 6.92 Å². The standard InChI is InChI=1S/C18H21N3O3S/c1-5-8-25-17-7-6-16-19-13(11-21(16)20-17)12-9-14(22-2)18(24-4)15(10-12)23-3/h6-7,9-11H,5,8H2,1-4H3. The van der Waals surface area contributed by atoms with Crippen molar-refractivity contribution in [1.82, 2.24) is 14.6 Å². The predicted molar refractivity (Wildman–Crippen MR) is 99.1 cm³/mol. The average molecular weight is 359 g/mol. The lowest BCUT2D eigenvalue weighted by Crippen LogP contribution is -1.95. The minimum atomic E-state index is 0.564. The summed E-state index contributed by atoms with van der Waals surface area (Å²) >= 11 is 1.74. The molecule has 1 aromatic carbocycles. The van der Waals surface area contributed by atoms with Gasteiger partial charge in [0.1, 0.15) is 5.03 Å². The van der Waals surface area contributed by atoms with Crippen LogP contribution in [0.2, 0.25) is 0 Å². The third kappa shape index (κ3) is 3.51. The third-order valence-corrected chi connectivity index (χ3v) is 4.84. The fourth-order valence-corrected chi connectivity index (χ4v) is 3.24. The van der Waals surface area contributed by atoms with Gasteiger partial charge in [-0.25, -0.2) is 9.50 Å². The summed E-state index contributed by atoms with van der Waals surface area (Å²) in [6, 6.07) is 7.75. The summed E-state index contributed by atoms with van der Waals surface area (Å²) in [5.41, 5.74) is 2.47. The van der Waals surface area contributed by atoms with Crippen LogP contribution in [-0.2, 0) is 0 Å². The number of fused-ring (bicyclic) bond motifs is 1. The Balaban J connectivity index is 2.03. The van der Waals surface area contributed by atoms with Gasteiger partial charge >= 0.3 is 0 Å². The molecule has 0 radical (unpaired) electrons. The van der Waals surface area contributed by atoms with Crippen LogP contribution in [0, 0.1) is 0 Å². The van der Waals surface area contributed by atoms with E-state index in [0.29, 0.717) is 17.2 Å². The van der Waals surface area contributed by atoms with Gasteiger partial charge in [0.05, 0.1) is 33.2 Å². The molecule has 3 aromatic rings. The summed E-state index contributed by atoms with van der Waals surface area (Å²) < 4.78 is 18.0. The third-order valence-electron chi connectivity index (χ3n) is 3.71. The van der Waals surface area contributed by atoms with Crippen molar-refractivity contribution in [2.75, 3.05) is 27.1 Å². The zero-order chi connectivity index (χ0) is 17.8. The number of aromatic nitrogens is 3. The molecule has 25 heavy (non-hydrogen) atoms. The molecule has 0 N–H and O–H groups in total. The van der Waals surface area contributed by atoms with E-state index in [1.54, 1.807) is 37.6 Å². The molecule has 0 bridgehead atoms. The van der Waals surface area contributed by atoms with E-state index < -0.39 is 0 Å². The van der Waals surface area contributed by atoms with Crippen LogP contribution in [0.5, 0.6) is 17.2 Å². The van der Waals surface area contributed by atoms with Gasteiger partial charge in [0.15, 0.2) is 17.1 Å². The number of nitrogens with zero attached hydrogens (tertiary/aromatic N) is 3. The number of imidazole rings is 1. The van der Waals surface area contributed by atoms with Gasteiger partial charge in [-0.05, 0) is 36.4 Å². The smallest absolute Gasteiger partial charge is 0.203 e. The SMILES string of the molecule is CCCSc1ccc2nc(-c3cc(OC)c(OC)c(OC)c3)cn2n1. The minimum Gasteiger partial charge on any atom is -0.493 e. The second kappa shape index (κ2) is 7.65. The van der Waals surface area contributed by atoms with Crippen molar-refractivity contribution in [3.8, 4) is 28.5 Å². The van der Waals surface area contributed by atoms with Crippen molar-refractivity contribution >= 4 is 17.4 Å². The van der Waals surface area contributed by atoms with E-state index in [9.17, 15) is 0 Å². The number of ether oxygens (including phenoxy) is 3. The Bertz CT molecular complexity index is 854. The summed E-state index contributed by atoms with van der Waals surface area (Å²) in [5.74, 6) is 2.81. The fourth-order valence-electron chi connectivity index (χ4n) is 2.52. The lowest BCUT2D eigenvalue weighted by Gasteiger charge is -2.13. The molecule has 0 fully saturated rings. The van der Waals surface area contributed by atoms with E-state index in [1.165, 1.54) is 0 Å². The quantitative estimate of drug-likeness (QED) is 0.596. The number of hydrogen-bond acceptors (Lipinski definition) is 6. The molecule has 0 aliphatic rings. The van der Waals surface area contributed by atoms with E-state index in [-0.39, 0.29) is 0 Å². The highest BCUT2D eigenvalue weighted by Gasteiger charge is 2.16. The molecule has 2 aromatic heterocycles. The average Bonchev–Trinajstić information content (AvgIpc) is 3.08. The van der Waals surface area contributed by atoms with E-state index in [0.717, 1.165) is 34.1 Å².